The second-order valence-corrected chi connectivity index (χ2v) is 10.5. The third-order valence-corrected chi connectivity index (χ3v) is 7.06. The van der Waals surface area contributed by atoms with Gasteiger partial charge in [0.15, 0.2) is 0 Å². The molecule has 0 spiro atoms. The molecule has 4 rings (SSSR count). The molecule has 1 N–H and O–H groups in total. The molecule has 0 unspecified atom stereocenters. The van der Waals surface area contributed by atoms with Gasteiger partial charge in [-0.3, -0.25) is 9.69 Å². The van der Waals surface area contributed by atoms with Gasteiger partial charge >= 0.3 is 5.97 Å². The van der Waals surface area contributed by atoms with Gasteiger partial charge in [-0.2, -0.15) is 0 Å². The first-order valence-corrected chi connectivity index (χ1v) is 14.3. The van der Waals surface area contributed by atoms with Crippen molar-refractivity contribution in [2.45, 2.75) is 64.3 Å². The zero-order valence-electron chi connectivity index (χ0n) is 23.4. The molecular formula is C32H41NO7. The maximum Gasteiger partial charge on any atom is 0.342 e. The number of rotatable bonds is 8. The molecule has 0 radical (unpaired) electrons. The van der Waals surface area contributed by atoms with Gasteiger partial charge in [0, 0.05) is 38.5 Å². The maximum atomic E-state index is 13.5. The SMILES string of the molecule is C[C@H]1CCCC(=O)CCC/C=C/c2cc(OCc3ccccc3)cc(OC[C@@H](O)CN3CCOCC3)c2C(=O)O1. The largest absolute Gasteiger partial charge is 0.490 e. The van der Waals surface area contributed by atoms with Crippen molar-refractivity contribution in [2.24, 2.45) is 0 Å². The van der Waals surface area contributed by atoms with Crippen LogP contribution in [0, 0.1) is 0 Å². The predicted octanol–water partition coefficient (Wildman–Crippen LogP) is 4.82. The number of cyclic esters (lactones) is 1. The van der Waals surface area contributed by atoms with Gasteiger partial charge in [-0.05, 0) is 49.8 Å². The second kappa shape index (κ2) is 15.6. The smallest absolute Gasteiger partial charge is 0.342 e. The molecule has 2 aromatic rings. The first-order chi connectivity index (χ1) is 19.5. The Bertz CT molecular complexity index is 1130. The molecule has 0 amide bonds. The number of fused-ring (bicyclic) bond motifs is 1. The van der Waals surface area contributed by atoms with E-state index >= 15 is 0 Å². The Morgan fingerprint density at radius 1 is 1.05 bits per heavy atom. The van der Waals surface area contributed by atoms with Crippen LogP contribution in [0.3, 0.4) is 0 Å². The van der Waals surface area contributed by atoms with Crippen LogP contribution in [0.25, 0.3) is 6.08 Å². The quantitative estimate of drug-likeness (QED) is 0.467. The summed E-state index contributed by atoms with van der Waals surface area (Å²) < 4.78 is 23.4. The Hall–Kier alpha value is -3.20. The van der Waals surface area contributed by atoms with Crippen LogP contribution in [0.1, 0.15) is 66.9 Å². The van der Waals surface area contributed by atoms with Gasteiger partial charge in [-0.25, -0.2) is 4.79 Å². The van der Waals surface area contributed by atoms with Crippen LogP contribution < -0.4 is 9.47 Å². The van der Waals surface area contributed by atoms with E-state index in [9.17, 15) is 14.7 Å². The summed E-state index contributed by atoms with van der Waals surface area (Å²) in [5.41, 5.74) is 1.94. The van der Waals surface area contributed by atoms with Crippen molar-refractivity contribution in [1.82, 2.24) is 4.90 Å². The Kier molecular flexibility index (Phi) is 11.6. The van der Waals surface area contributed by atoms with E-state index in [2.05, 4.69) is 4.90 Å². The normalized spacial score (nSPS) is 21.0. The van der Waals surface area contributed by atoms with Gasteiger partial charge in [0.25, 0.3) is 0 Å². The summed E-state index contributed by atoms with van der Waals surface area (Å²) in [4.78, 5) is 27.8. The van der Waals surface area contributed by atoms with Crippen molar-refractivity contribution in [1.29, 1.82) is 0 Å². The number of benzene rings is 2. The van der Waals surface area contributed by atoms with E-state index in [0.29, 0.717) is 81.1 Å². The number of morpholine rings is 1. The molecular weight excluding hydrogens is 510 g/mol. The Labute approximate surface area is 236 Å². The minimum absolute atomic E-state index is 0.0145. The summed E-state index contributed by atoms with van der Waals surface area (Å²) >= 11 is 0. The molecule has 2 aromatic carbocycles. The number of nitrogens with zero attached hydrogens (tertiary/aromatic N) is 1. The fraction of sp³-hybridized carbons (Fsp3) is 0.500. The zero-order chi connectivity index (χ0) is 28.2. The summed E-state index contributed by atoms with van der Waals surface area (Å²) in [6.07, 6.45) is 6.52. The van der Waals surface area contributed by atoms with Gasteiger partial charge in [-0.15, -0.1) is 0 Å². The molecule has 2 heterocycles. The number of ketones is 1. The number of hydrogen-bond donors (Lipinski definition) is 1. The molecule has 2 atom stereocenters. The number of aliphatic hydroxyl groups is 1. The molecule has 8 nitrogen and oxygen atoms in total. The van der Waals surface area contributed by atoms with Gasteiger partial charge in [-0.1, -0.05) is 42.5 Å². The number of carbonyl (C=O) groups is 2. The maximum absolute atomic E-state index is 13.5. The highest BCUT2D eigenvalue weighted by Gasteiger charge is 2.24. The highest BCUT2D eigenvalue weighted by atomic mass is 16.5. The Morgan fingerprint density at radius 2 is 1.82 bits per heavy atom. The van der Waals surface area contributed by atoms with E-state index in [1.807, 2.05) is 55.5 Å². The van der Waals surface area contributed by atoms with Crippen molar-refractivity contribution >= 4 is 17.8 Å². The van der Waals surface area contributed by atoms with E-state index in [4.69, 9.17) is 18.9 Å². The Morgan fingerprint density at radius 3 is 2.62 bits per heavy atom. The summed E-state index contributed by atoms with van der Waals surface area (Å²) in [6, 6.07) is 13.3. The lowest BCUT2D eigenvalue weighted by Gasteiger charge is -2.28. The van der Waals surface area contributed by atoms with Crippen LogP contribution in [-0.2, 0) is 20.9 Å². The summed E-state index contributed by atoms with van der Waals surface area (Å²) in [6.45, 7) is 5.47. The molecule has 1 saturated heterocycles. The van der Waals surface area contributed by atoms with Gasteiger partial charge in [0.05, 0.1) is 19.3 Å². The number of Topliss-reactive ketones (excluding diaryl/α,β-unsaturated/α-hetero) is 1. The molecule has 0 saturated carbocycles. The molecule has 0 aliphatic carbocycles. The number of carbonyl (C=O) groups excluding carboxylic acids is 2. The van der Waals surface area contributed by atoms with Crippen LogP contribution in [-0.4, -0.2) is 73.4 Å². The first-order valence-electron chi connectivity index (χ1n) is 14.3. The molecule has 2 aliphatic heterocycles. The van der Waals surface area contributed by atoms with E-state index in [1.165, 1.54) is 0 Å². The molecule has 2 aliphatic rings. The van der Waals surface area contributed by atoms with Crippen LogP contribution in [0.15, 0.2) is 48.5 Å². The first kappa shape index (κ1) is 29.8. The van der Waals surface area contributed by atoms with E-state index in [0.717, 1.165) is 25.1 Å². The van der Waals surface area contributed by atoms with Crippen molar-refractivity contribution in [3.8, 4) is 11.5 Å². The van der Waals surface area contributed by atoms with Crippen LogP contribution in [0.2, 0.25) is 0 Å². The minimum Gasteiger partial charge on any atom is -0.490 e. The third-order valence-electron chi connectivity index (χ3n) is 7.06. The lowest BCUT2D eigenvalue weighted by atomic mass is 10.0. The second-order valence-electron chi connectivity index (χ2n) is 10.5. The third kappa shape index (κ3) is 9.47. The number of aliphatic hydroxyl groups excluding tert-OH is 1. The fourth-order valence-electron chi connectivity index (χ4n) is 4.86. The Balaban J connectivity index is 1.60. The van der Waals surface area contributed by atoms with E-state index in [-0.39, 0.29) is 18.5 Å². The number of β-amino-alcohol motifs (C(OH)–C–C–N with tert-alkyl or cyclic N) is 1. The van der Waals surface area contributed by atoms with Gasteiger partial charge in [0.2, 0.25) is 0 Å². The summed E-state index contributed by atoms with van der Waals surface area (Å²) in [5.74, 6) is 0.600. The fourth-order valence-corrected chi connectivity index (χ4v) is 4.86. The molecule has 0 bridgehead atoms. The highest BCUT2D eigenvalue weighted by molar-refractivity contribution is 5.97. The van der Waals surface area contributed by atoms with Crippen molar-refractivity contribution in [3.63, 3.8) is 0 Å². The summed E-state index contributed by atoms with van der Waals surface area (Å²) in [7, 11) is 0. The van der Waals surface area contributed by atoms with E-state index in [1.54, 1.807) is 6.07 Å². The molecule has 40 heavy (non-hydrogen) atoms. The topological polar surface area (TPSA) is 94.5 Å². The van der Waals surface area contributed by atoms with Crippen LogP contribution in [0.4, 0.5) is 0 Å². The number of allylic oxidation sites excluding steroid dienone is 1. The number of ether oxygens (including phenoxy) is 4. The number of esters is 1. The standard InChI is InChI=1S/C32H41NO7/c1-24-9-8-14-27(34)13-7-3-6-12-26-19-29(38-22-25-10-4-2-5-11-25)20-30(31(26)32(36)40-24)39-23-28(35)21-33-15-17-37-18-16-33/h2,4-6,10-12,19-20,24,28,35H,3,7-9,13-18,21-23H2,1H3/b12-6+/t24-,28-/m0/s1. The average molecular weight is 552 g/mol. The molecule has 216 valence electrons. The van der Waals surface area contributed by atoms with Gasteiger partial charge < -0.3 is 24.1 Å². The minimum atomic E-state index is -0.746. The lowest BCUT2D eigenvalue weighted by Crippen LogP contribution is -2.42. The lowest BCUT2D eigenvalue weighted by molar-refractivity contribution is -0.119. The predicted molar refractivity (Wildman–Crippen MR) is 153 cm³/mol. The zero-order valence-corrected chi connectivity index (χ0v) is 23.4. The van der Waals surface area contributed by atoms with Crippen molar-refractivity contribution in [3.05, 3.63) is 65.2 Å². The van der Waals surface area contributed by atoms with Crippen LogP contribution in [0.5, 0.6) is 11.5 Å². The van der Waals surface area contributed by atoms with Crippen molar-refractivity contribution in [2.75, 3.05) is 39.5 Å². The molecule has 1 fully saturated rings. The van der Waals surface area contributed by atoms with E-state index < -0.39 is 12.1 Å². The van der Waals surface area contributed by atoms with Gasteiger partial charge in [0.1, 0.15) is 42.2 Å². The van der Waals surface area contributed by atoms with Crippen LogP contribution >= 0.6 is 0 Å². The molecule has 8 heteroatoms. The highest BCUT2D eigenvalue weighted by Crippen LogP contribution is 2.32. The molecule has 0 aromatic heterocycles. The monoisotopic (exact) mass is 551 g/mol. The average Bonchev–Trinajstić information content (AvgIpc) is 2.95. The summed E-state index contributed by atoms with van der Waals surface area (Å²) in [5, 5.41) is 10.7. The number of hydrogen-bond acceptors (Lipinski definition) is 8. The van der Waals surface area contributed by atoms with Crippen molar-refractivity contribution < 1.29 is 33.6 Å².